The van der Waals surface area contributed by atoms with E-state index in [1.54, 1.807) is 25.7 Å². The molecule has 2 N–H and O–H groups in total. The van der Waals surface area contributed by atoms with Crippen LogP contribution >= 0.6 is 0 Å². The number of rotatable bonds is 8. The van der Waals surface area contributed by atoms with Crippen LogP contribution in [0.5, 0.6) is 0 Å². The van der Waals surface area contributed by atoms with Crippen molar-refractivity contribution < 1.29 is 19.1 Å². The molecule has 0 saturated carbocycles. The number of amides is 3. The third kappa shape index (κ3) is 9.90. The number of ether oxygens (including phenoxy) is 1. The Kier molecular flexibility index (Phi) is 10.4. The van der Waals surface area contributed by atoms with Gasteiger partial charge in [0.05, 0.1) is 0 Å². The molecule has 0 spiro atoms. The molecule has 0 fully saturated rings. The van der Waals surface area contributed by atoms with Crippen LogP contribution in [0.1, 0.15) is 98.4 Å². The number of hydrogen-bond acceptors (Lipinski definition) is 4. The van der Waals surface area contributed by atoms with E-state index in [9.17, 15) is 14.4 Å². The summed E-state index contributed by atoms with van der Waals surface area (Å²) >= 11 is 0. The molecule has 0 aliphatic rings. The molecule has 35 heavy (non-hydrogen) atoms. The van der Waals surface area contributed by atoms with E-state index in [1.807, 2.05) is 80.5 Å². The van der Waals surface area contributed by atoms with Gasteiger partial charge in [-0.1, -0.05) is 37.6 Å². The van der Waals surface area contributed by atoms with Gasteiger partial charge in [0.2, 0.25) is 11.8 Å². The molecule has 7 nitrogen and oxygen atoms in total. The summed E-state index contributed by atoms with van der Waals surface area (Å²) in [6.07, 6.45) is -0.232. The maximum absolute atomic E-state index is 14.1. The number of nitrogens with zero attached hydrogens (tertiary/aromatic N) is 1. The number of aryl methyl sites for hydroxylation is 2. The first kappa shape index (κ1) is 30.5. The SMILES string of the molecule is Cc1ccc(C)c(C(C(=O)NC(C)(C)C)N(C(=O)C(CC(C)C)NC(=O)OC(C)(C)C)C(C)C)c1. The minimum atomic E-state index is -0.850. The Balaban J connectivity index is 3.58. The highest BCUT2D eigenvalue weighted by Gasteiger charge is 2.39. The van der Waals surface area contributed by atoms with E-state index in [1.165, 1.54) is 0 Å². The Hall–Kier alpha value is -2.57. The van der Waals surface area contributed by atoms with Gasteiger partial charge in [-0.05, 0) is 92.7 Å². The standard InChI is InChI=1S/C28H47N3O4/c1-17(2)15-22(29-26(34)35-28(10,11)12)25(33)31(18(3)4)23(24(32)30-27(7,8)9)21-16-19(5)13-14-20(21)6/h13-14,16-18,22-23H,15H2,1-12H3,(H,29,34)(H,30,32). The molecule has 0 radical (unpaired) electrons. The molecule has 0 aliphatic heterocycles. The molecule has 0 bridgehead atoms. The van der Waals surface area contributed by atoms with E-state index in [-0.39, 0.29) is 23.8 Å². The van der Waals surface area contributed by atoms with Gasteiger partial charge in [0.1, 0.15) is 17.7 Å². The van der Waals surface area contributed by atoms with Crippen molar-refractivity contribution >= 4 is 17.9 Å². The van der Waals surface area contributed by atoms with Gasteiger partial charge in [-0.2, -0.15) is 0 Å². The van der Waals surface area contributed by atoms with E-state index in [0.717, 1.165) is 16.7 Å². The third-order valence-electron chi connectivity index (χ3n) is 5.26. The Labute approximate surface area is 212 Å². The molecule has 1 aromatic carbocycles. The minimum absolute atomic E-state index is 0.135. The summed E-state index contributed by atoms with van der Waals surface area (Å²) in [5.74, 6) is -0.432. The van der Waals surface area contributed by atoms with E-state index < -0.39 is 29.3 Å². The summed E-state index contributed by atoms with van der Waals surface area (Å²) in [5.41, 5.74) is 1.52. The van der Waals surface area contributed by atoms with Crippen molar-refractivity contribution in [1.82, 2.24) is 15.5 Å². The van der Waals surface area contributed by atoms with Crippen molar-refractivity contribution in [2.24, 2.45) is 5.92 Å². The smallest absolute Gasteiger partial charge is 0.408 e. The lowest BCUT2D eigenvalue weighted by Crippen LogP contribution is -2.56. The van der Waals surface area contributed by atoms with Gasteiger partial charge in [0, 0.05) is 11.6 Å². The zero-order valence-electron chi connectivity index (χ0n) is 23.8. The average molecular weight is 490 g/mol. The molecular formula is C28H47N3O4. The highest BCUT2D eigenvalue weighted by atomic mass is 16.6. The van der Waals surface area contributed by atoms with Crippen LogP contribution in [0.15, 0.2) is 18.2 Å². The molecule has 0 aromatic heterocycles. The van der Waals surface area contributed by atoms with Crippen molar-refractivity contribution in [2.45, 2.75) is 119 Å². The Morgan fingerprint density at radius 3 is 2.00 bits per heavy atom. The fourth-order valence-electron chi connectivity index (χ4n) is 3.91. The molecule has 0 saturated heterocycles. The number of alkyl carbamates (subject to hydrolysis) is 1. The largest absolute Gasteiger partial charge is 0.444 e. The molecule has 2 unspecified atom stereocenters. The minimum Gasteiger partial charge on any atom is -0.444 e. The van der Waals surface area contributed by atoms with Gasteiger partial charge >= 0.3 is 6.09 Å². The van der Waals surface area contributed by atoms with Gasteiger partial charge in [-0.25, -0.2) is 4.79 Å². The quantitative estimate of drug-likeness (QED) is 0.509. The van der Waals surface area contributed by atoms with Gasteiger partial charge in [-0.15, -0.1) is 0 Å². The first-order chi connectivity index (χ1) is 15.8. The first-order valence-electron chi connectivity index (χ1n) is 12.5. The second kappa shape index (κ2) is 11.9. The van der Waals surface area contributed by atoms with Crippen LogP contribution in [0.2, 0.25) is 0 Å². The summed E-state index contributed by atoms with van der Waals surface area (Å²) in [6.45, 7) is 22.7. The second-order valence-electron chi connectivity index (χ2n) is 12.2. The number of nitrogens with one attached hydrogen (secondary N) is 2. The van der Waals surface area contributed by atoms with Gasteiger partial charge in [0.25, 0.3) is 0 Å². The van der Waals surface area contributed by atoms with Crippen LogP contribution in [0.4, 0.5) is 4.79 Å². The normalized spacial score (nSPS) is 13.9. The molecule has 1 rings (SSSR count). The summed E-state index contributed by atoms with van der Waals surface area (Å²) < 4.78 is 5.43. The fraction of sp³-hybridized carbons (Fsp3) is 0.679. The van der Waals surface area contributed by atoms with E-state index in [4.69, 9.17) is 4.74 Å². The van der Waals surface area contributed by atoms with Crippen LogP contribution in [0.3, 0.4) is 0 Å². The lowest BCUT2D eigenvalue weighted by Gasteiger charge is -2.39. The Bertz CT molecular complexity index is 894. The number of carbonyl (C=O) groups excluding carboxylic acids is 3. The lowest BCUT2D eigenvalue weighted by atomic mass is 9.93. The maximum Gasteiger partial charge on any atom is 0.408 e. The summed E-state index contributed by atoms with van der Waals surface area (Å²) in [6, 6.07) is 3.94. The zero-order valence-corrected chi connectivity index (χ0v) is 23.8. The molecule has 0 heterocycles. The molecule has 7 heteroatoms. The maximum atomic E-state index is 14.1. The summed E-state index contributed by atoms with van der Waals surface area (Å²) in [4.78, 5) is 42.0. The Morgan fingerprint density at radius 1 is 0.971 bits per heavy atom. The number of carbonyl (C=O) groups is 3. The van der Waals surface area contributed by atoms with E-state index in [0.29, 0.717) is 6.42 Å². The van der Waals surface area contributed by atoms with Crippen LogP contribution in [0, 0.1) is 19.8 Å². The molecule has 3 amide bonds. The fourth-order valence-corrected chi connectivity index (χ4v) is 3.91. The molecule has 2 atom stereocenters. The van der Waals surface area contributed by atoms with Crippen molar-refractivity contribution in [3.05, 3.63) is 34.9 Å². The van der Waals surface area contributed by atoms with Crippen LogP contribution in [0.25, 0.3) is 0 Å². The van der Waals surface area contributed by atoms with Crippen molar-refractivity contribution in [3.8, 4) is 0 Å². The van der Waals surface area contributed by atoms with Gasteiger partial charge in [-0.3, -0.25) is 9.59 Å². The molecule has 0 aliphatic carbocycles. The van der Waals surface area contributed by atoms with Gasteiger partial charge in [0.15, 0.2) is 0 Å². The van der Waals surface area contributed by atoms with Crippen molar-refractivity contribution in [1.29, 1.82) is 0 Å². The summed E-state index contributed by atoms with van der Waals surface area (Å²) in [7, 11) is 0. The number of hydrogen-bond donors (Lipinski definition) is 2. The average Bonchev–Trinajstić information content (AvgIpc) is 2.63. The summed E-state index contributed by atoms with van der Waals surface area (Å²) in [5, 5.41) is 5.84. The predicted octanol–water partition coefficient (Wildman–Crippen LogP) is 5.44. The van der Waals surface area contributed by atoms with E-state index >= 15 is 0 Å². The van der Waals surface area contributed by atoms with Crippen LogP contribution in [-0.4, -0.2) is 46.0 Å². The molecule has 198 valence electrons. The van der Waals surface area contributed by atoms with E-state index in [2.05, 4.69) is 10.6 Å². The number of benzene rings is 1. The highest BCUT2D eigenvalue weighted by molar-refractivity contribution is 5.92. The molecular weight excluding hydrogens is 442 g/mol. The van der Waals surface area contributed by atoms with Crippen molar-refractivity contribution in [3.63, 3.8) is 0 Å². The third-order valence-corrected chi connectivity index (χ3v) is 5.26. The molecule has 1 aromatic rings. The Morgan fingerprint density at radius 2 is 1.54 bits per heavy atom. The highest BCUT2D eigenvalue weighted by Crippen LogP contribution is 2.29. The predicted molar refractivity (Wildman–Crippen MR) is 141 cm³/mol. The van der Waals surface area contributed by atoms with Crippen LogP contribution in [-0.2, 0) is 14.3 Å². The lowest BCUT2D eigenvalue weighted by molar-refractivity contribution is -0.145. The zero-order chi connectivity index (χ0) is 27.3. The topological polar surface area (TPSA) is 87.7 Å². The van der Waals surface area contributed by atoms with Gasteiger partial charge < -0.3 is 20.3 Å². The van der Waals surface area contributed by atoms with Crippen molar-refractivity contribution in [2.75, 3.05) is 0 Å². The monoisotopic (exact) mass is 489 g/mol. The second-order valence-corrected chi connectivity index (χ2v) is 12.2. The first-order valence-corrected chi connectivity index (χ1v) is 12.5. The van der Waals surface area contributed by atoms with Crippen LogP contribution < -0.4 is 10.6 Å².